The van der Waals surface area contributed by atoms with Crippen molar-refractivity contribution in [2.24, 2.45) is 0 Å². The molecular formula is C15H14O4S. The summed E-state index contributed by atoms with van der Waals surface area (Å²) in [6.07, 6.45) is 4.49. The summed E-state index contributed by atoms with van der Waals surface area (Å²) in [5, 5.41) is 18.6. The molecule has 0 saturated carbocycles. The van der Waals surface area contributed by atoms with Gasteiger partial charge in [-0.25, -0.2) is 8.42 Å². The van der Waals surface area contributed by atoms with Crippen LogP contribution in [0.4, 0.5) is 0 Å². The summed E-state index contributed by atoms with van der Waals surface area (Å²) in [6, 6.07) is 10.7. The Morgan fingerprint density at radius 3 is 2.10 bits per heavy atom. The Balaban J connectivity index is 2.41. The second kappa shape index (κ2) is 5.38. The van der Waals surface area contributed by atoms with Crippen molar-refractivity contribution < 1.29 is 18.6 Å². The van der Waals surface area contributed by atoms with Gasteiger partial charge < -0.3 is 10.2 Å². The van der Waals surface area contributed by atoms with Crippen molar-refractivity contribution >= 4 is 22.0 Å². The van der Waals surface area contributed by atoms with Gasteiger partial charge in [-0.1, -0.05) is 24.3 Å². The third kappa shape index (κ3) is 3.39. The zero-order valence-electron chi connectivity index (χ0n) is 10.8. The Labute approximate surface area is 117 Å². The minimum atomic E-state index is -3.42. The van der Waals surface area contributed by atoms with Crippen LogP contribution >= 0.6 is 0 Å². The zero-order chi connectivity index (χ0) is 14.8. The highest BCUT2D eigenvalue weighted by Crippen LogP contribution is 2.23. The van der Waals surface area contributed by atoms with E-state index in [1.165, 1.54) is 12.1 Å². The topological polar surface area (TPSA) is 74.6 Å². The molecular weight excluding hydrogens is 276 g/mol. The van der Waals surface area contributed by atoms with E-state index in [-0.39, 0.29) is 16.4 Å². The average Bonchev–Trinajstić information content (AvgIpc) is 2.38. The van der Waals surface area contributed by atoms with Gasteiger partial charge in [0.2, 0.25) is 0 Å². The molecule has 0 heterocycles. The number of hydrogen-bond donors (Lipinski definition) is 2. The summed E-state index contributed by atoms with van der Waals surface area (Å²) >= 11 is 0. The normalized spacial score (nSPS) is 11.8. The SMILES string of the molecule is CS(=O)(=O)c1cc(O)ccc1C=Cc1ccc(O)cc1. The third-order valence-electron chi connectivity index (χ3n) is 2.75. The number of rotatable bonds is 3. The van der Waals surface area contributed by atoms with Crippen LogP contribution in [0.25, 0.3) is 12.2 Å². The summed E-state index contributed by atoms with van der Waals surface area (Å²) in [5.74, 6) is 0.0795. The molecule has 0 atom stereocenters. The molecule has 5 heteroatoms. The van der Waals surface area contributed by atoms with Crippen LogP contribution < -0.4 is 0 Å². The van der Waals surface area contributed by atoms with Gasteiger partial charge in [0, 0.05) is 6.26 Å². The molecule has 0 radical (unpaired) electrons. The Morgan fingerprint density at radius 2 is 1.50 bits per heavy atom. The Kier molecular flexibility index (Phi) is 3.81. The van der Waals surface area contributed by atoms with E-state index in [2.05, 4.69) is 0 Å². The van der Waals surface area contributed by atoms with Gasteiger partial charge in [0.15, 0.2) is 9.84 Å². The summed E-state index contributed by atoms with van der Waals surface area (Å²) < 4.78 is 23.4. The van der Waals surface area contributed by atoms with Crippen molar-refractivity contribution in [3.63, 3.8) is 0 Å². The van der Waals surface area contributed by atoms with Crippen LogP contribution in [0.15, 0.2) is 47.4 Å². The number of phenols is 2. The molecule has 0 saturated heterocycles. The van der Waals surface area contributed by atoms with Crippen LogP contribution in [0.1, 0.15) is 11.1 Å². The van der Waals surface area contributed by atoms with E-state index in [1.54, 1.807) is 42.5 Å². The maximum atomic E-state index is 11.7. The van der Waals surface area contributed by atoms with Gasteiger partial charge in [-0.05, 0) is 41.5 Å². The van der Waals surface area contributed by atoms with E-state index in [1.807, 2.05) is 0 Å². The standard InChI is InChI=1S/C15H14O4S/c1-20(18,19)15-10-14(17)9-6-12(15)5-2-11-3-7-13(16)8-4-11/h2-10,16-17H,1H3. The van der Waals surface area contributed by atoms with Crippen molar-refractivity contribution in [3.05, 3.63) is 53.6 Å². The lowest BCUT2D eigenvalue weighted by Crippen LogP contribution is -1.99. The monoisotopic (exact) mass is 290 g/mol. The molecule has 0 fully saturated rings. The molecule has 104 valence electrons. The second-order valence-electron chi connectivity index (χ2n) is 4.42. The number of sulfone groups is 1. The Morgan fingerprint density at radius 1 is 0.900 bits per heavy atom. The molecule has 2 aromatic rings. The smallest absolute Gasteiger partial charge is 0.176 e. The van der Waals surface area contributed by atoms with Crippen molar-refractivity contribution in [1.82, 2.24) is 0 Å². The highest BCUT2D eigenvalue weighted by atomic mass is 32.2. The molecule has 4 nitrogen and oxygen atoms in total. The fraction of sp³-hybridized carbons (Fsp3) is 0.0667. The molecule has 0 aromatic heterocycles. The Bertz CT molecular complexity index is 744. The number of phenolic OH excluding ortho intramolecular Hbond substituents is 2. The van der Waals surface area contributed by atoms with Gasteiger partial charge in [-0.15, -0.1) is 0 Å². The first-order chi connectivity index (χ1) is 9.36. The van der Waals surface area contributed by atoms with Gasteiger partial charge in [-0.2, -0.15) is 0 Å². The molecule has 0 unspecified atom stereocenters. The second-order valence-corrected chi connectivity index (χ2v) is 6.40. The van der Waals surface area contributed by atoms with Crippen molar-refractivity contribution in [2.45, 2.75) is 4.90 Å². The van der Waals surface area contributed by atoms with Crippen molar-refractivity contribution in [1.29, 1.82) is 0 Å². The maximum absolute atomic E-state index is 11.7. The minimum absolute atomic E-state index is 0.0764. The van der Waals surface area contributed by atoms with Gasteiger partial charge in [0.25, 0.3) is 0 Å². The fourth-order valence-corrected chi connectivity index (χ4v) is 2.65. The van der Waals surface area contributed by atoms with Gasteiger partial charge in [0.1, 0.15) is 11.5 Å². The maximum Gasteiger partial charge on any atom is 0.176 e. The molecule has 2 rings (SSSR count). The first kappa shape index (κ1) is 14.1. The molecule has 0 aliphatic carbocycles. The van der Waals surface area contributed by atoms with E-state index in [9.17, 15) is 18.6 Å². The lowest BCUT2D eigenvalue weighted by molar-refractivity contribution is 0.473. The lowest BCUT2D eigenvalue weighted by Gasteiger charge is -2.04. The first-order valence-corrected chi connectivity index (χ1v) is 7.75. The van der Waals surface area contributed by atoms with E-state index in [4.69, 9.17) is 0 Å². The predicted octanol–water partition coefficient (Wildman–Crippen LogP) is 2.67. The summed E-state index contributed by atoms with van der Waals surface area (Å²) in [4.78, 5) is 0.0764. The highest BCUT2D eigenvalue weighted by Gasteiger charge is 2.12. The van der Waals surface area contributed by atoms with Crippen LogP contribution in [0.3, 0.4) is 0 Å². The Hall–Kier alpha value is -2.27. The molecule has 2 N–H and O–H groups in total. The van der Waals surface area contributed by atoms with E-state index in [0.717, 1.165) is 11.8 Å². The van der Waals surface area contributed by atoms with Crippen molar-refractivity contribution in [2.75, 3.05) is 6.26 Å². The molecule has 0 spiro atoms. The minimum Gasteiger partial charge on any atom is -0.508 e. The first-order valence-electron chi connectivity index (χ1n) is 5.86. The molecule has 0 aliphatic rings. The van der Waals surface area contributed by atoms with Crippen molar-refractivity contribution in [3.8, 4) is 11.5 Å². The van der Waals surface area contributed by atoms with Crippen LogP contribution in [0.2, 0.25) is 0 Å². The van der Waals surface area contributed by atoms with Gasteiger partial charge in [-0.3, -0.25) is 0 Å². The van der Waals surface area contributed by atoms with Gasteiger partial charge >= 0.3 is 0 Å². The largest absolute Gasteiger partial charge is 0.508 e. The zero-order valence-corrected chi connectivity index (χ0v) is 11.6. The molecule has 0 amide bonds. The molecule has 20 heavy (non-hydrogen) atoms. The summed E-state index contributed by atoms with van der Waals surface area (Å²) in [7, 11) is -3.42. The van der Waals surface area contributed by atoms with Crippen LogP contribution in [-0.2, 0) is 9.84 Å². The van der Waals surface area contributed by atoms with E-state index >= 15 is 0 Å². The van der Waals surface area contributed by atoms with Crippen LogP contribution in [-0.4, -0.2) is 24.9 Å². The predicted molar refractivity (Wildman–Crippen MR) is 78.3 cm³/mol. The quantitative estimate of drug-likeness (QED) is 0.852. The molecule has 0 aliphatic heterocycles. The molecule has 0 bridgehead atoms. The number of aromatic hydroxyl groups is 2. The lowest BCUT2D eigenvalue weighted by atomic mass is 10.1. The average molecular weight is 290 g/mol. The highest BCUT2D eigenvalue weighted by molar-refractivity contribution is 7.90. The van der Waals surface area contributed by atoms with Gasteiger partial charge in [0.05, 0.1) is 4.90 Å². The van der Waals surface area contributed by atoms with Crippen LogP contribution in [0, 0.1) is 0 Å². The number of benzene rings is 2. The molecule has 2 aromatic carbocycles. The third-order valence-corrected chi connectivity index (χ3v) is 3.90. The fourth-order valence-electron chi connectivity index (χ4n) is 1.75. The summed E-state index contributed by atoms with van der Waals surface area (Å²) in [6.45, 7) is 0. The van der Waals surface area contributed by atoms with Crippen LogP contribution in [0.5, 0.6) is 11.5 Å². The summed E-state index contributed by atoms with van der Waals surface area (Å²) in [5.41, 5.74) is 1.33. The van der Waals surface area contributed by atoms with E-state index in [0.29, 0.717) is 5.56 Å². The number of hydrogen-bond acceptors (Lipinski definition) is 4. The van der Waals surface area contributed by atoms with E-state index < -0.39 is 9.84 Å².